The maximum atomic E-state index is 5.67. The lowest BCUT2D eigenvalue weighted by Gasteiger charge is -2.37. The molecule has 4 heteroatoms. The summed E-state index contributed by atoms with van der Waals surface area (Å²) in [5, 5.41) is 0. The van der Waals surface area contributed by atoms with Crippen molar-refractivity contribution in [3.05, 3.63) is 23.8 Å². The molecule has 1 atom stereocenters. The van der Waals surface area contributed by atoms with Crippen LogP contribution in [0.1, 0.15) is 32.8 Å². The Morgan fingerprint density at radius 2 is 1.82 bits per heavy atom. The molecule has 0 radical (unpaired) electrons. The first-order valence-corrected chi connectivity index (χ1v) is 8.44. The molecule has 0 spiro atoms. The molecule has 1 aliphatic rings. The van der Waals surface area contributed by atoms with E-state index in [0.717, 1.165) is 31.1 Å². The second-order valence-electron chi connectivity index (χ2n) is 5.99. The van der Waals surface area contributed by atoms with Crippen molar-refractivity contribution in [2.24, 2.45) is 0 Å². The van der Waals surface area contributed by atoms with E-state index in [0.29, 0.717) is 12.6 Å². The van der Waals surface area contributed by atoms with Gasteiger partial charge in [0.1, 0.15) is 0 Å². The molecule has 1 saturated heterocycles. The molecule has 0 saturated carbocycles. The van der Waals surface area contributed by atoms with Gasteiger partial charge < -0.3 is 9.47 Å². The lowest BCUT2D eigenvalue weighted by molar-refractivity contribution is 0.0963. The van der Waals surface area contributed by atoms with E-state index >= 15 is 0 Å². The monoisotopic (exact) mass is 306 g/mol. The second kappa shape index (κ2) is 8.39. The van der Waals surface area contributed by atoms with E-state index in [4.69, 9.17) is 9.47 Å². The van der Waals surface area contributed by atoms with Gasteiger partial charge >= 0.3 is 0 Å². The molecule has 1 aliphatic heterocycles. The van der Waals surface area contributed by atoms with Crippen molar-refractivity contribution >= 4 is 0 Å². The van der Waals surface area contributed by atoms with Gasteiger partial charge in [0.2, 0.25) is 0 Å². The number of benzene rings is 1. The summed E-state index contributed by atoms with van der Waals surface area (Å²) >= 11 is 0. The average molecular weight is 306 g/mol. The SMILES string of the molecule is CCOc1cc(CN2CCN(C(C)CC)CC2)ccc1OC. The van der Waals surface area contributed by atoms with Crippen molar-refractivity contribution < 1.29 is 9.47 Å². The summed E-state index contributed by atoms with van der Waals surface area (Å²) in [5.41, 5.74) is 1.29. The summed E-state index contributed by atoms with van der Waals surface area (Å²) in [4.78, 5) is 5.12. The Hall–Kier alpha value is -1.26. The molecule has 0 N–H and O–H groups in total. The molecule has 1 heterocycles. The van der Waals surface area contributed by atoms with E-state index in [1.54, 1.807) is 7.11 Å². The van der Waals surface area contributed by atoms with Gasteiger partial charge in [0.05, 0.1) is 13.7 Å². The highest BCUT2D eigenvalue weighted by Crippen LogP contribution is 2.28. The molecule has 0 aromatic heterocycles. The smallest absolute Gasteiger partial charge is 0.161 e. The van der Waals surface area contributed by atoms with Crippen molar-refractivity contribution in [1.82, 2.24) is 9.80 Å². The lowest BCUT2D eigenvalue weighted by Crippen LogP contribution is -2.48. The molecule has 0 bridgehead atoms. The summed E-state index contributed by atoms with van der Waals surface area (Å²) in [7, 11) is 1.69. The molecule has 124 valence electrons. The standard InChI is InChI=1S/C18H30N2O2/c1-5-15(3)20-11-9-19(10-12-20)14-16-7-8-17(21-4)18(13-16)22-6-2/h7-8,13,15H,5-6,9-12,14H2,1-4H3. The molecule has 0 aliphatic carbocycles. The van der Waals surface area contributed by atoms with Gasteiger partial charge in [-0.05, 0) is 38.0 Å². The minimum Gasteiger partial charge on any atom is -0.493 e. The summed E-state index contributed by atoms with van der Waals surface area (Å²) < 4.78 is 11.0. The maximum absolute atomic E-state index is 5.67. The van der Waals surface area contributed by atoms with Crippen molar-refractivity contribution in [2.75, 3.05) is 39.9 Å². The van der Waals surface area contributed by atoms with Gasteiger partial charge in [-0.15, -0.1) is 0 Å². The van der Waals surface area contributed by atoms with E-state index in [9.17, 15) is 0 Å². The minimum absolute atomic E-state index is 0.660. The van der Waals surface area contributed by atoms with Crippen molar-refractivity contribution in [2.45, 2.75) is 39.8 Å². The summed E-state index contributed by atoms with van der Waals surface area (Å²) in [6, 6.07) is 6.97. The van der Waals surface area contributed by atoms with Crippen LogP contribution < -0.4 is 9.47 Å². The first kappa shape index (κ1) is 17.1. The van der Waals surface area contributed by atoms with Crippen LogP contribution in [-0.2, 0) is 6.54 Å². The van der Waals surface area contributed by atoms with Crippen molar-refractivity contribution in [1.29, 1.82) is 0 Å². The Morgan fingerprint density at radius 1 is 1.09 bits per heavy atom. The number of hydrogen-bond donors (Lipinski definition) is 0. The number of hydrogen-bond acceptors (Lipinski definition) is 4. The highest BCUT2D eigenvalue weighted by molar-refractivity contribution is 5.42. The third kappa shape index (κ3) is 4.37. The van der Waals surface area contributed by atoms with Gasteiger partial charge in [0.25, 0.3) is 0 Å². The topological polar surface area (TPSA) is 24.9 Å². The lowest BCUT2D eigenvalue weighted by atomic mass is 10.1. The molecular formula is C18H30N2O2. The van der Waals surface area contributed by atoms with Crippen molar-refractivity contribution in [3.8, 4) is 11.5 Å². The molecule has 1 fully saturated rings. The van der Waals surface area contributed by atoms with E-state index in [2.05, 4.69) is 35.8 Å². The Kier molecular flexibility index (Phi) is 6.52. The molecule has 22 heavy (non-hydrogen) atoms. The fourth-order valence-electron chi connectivity index (χ4n) is 2.97. The van der Waals surface area contributed by atoms with E-state index in [-0.39, 0.29) is 0 Å². The van der Waals surface area contributed by atoms with Gasteiger partial charge in [-0.1, -0.05) is 13.0 Å². The highest BCUT2D eigenvalue weighted by atomic mass is 16.5. The van der Waals surface area contributed by atoms with Crippen LogP contribution in [0.4, 0.5) is 0 Å². The van der Waals surface area contributed by atoms with Crippen LogP contribution in [0.15, 0.2) is 18.2 Å². The largest absolute Gasteiger partial charge is 0.493 e. The zero-order valence-corrected chi connectivity index (χ0v) is 14.5. The molecule has 1 unspecified atom stereocenters. The molecule has 2 rings (SSSR count). The third-order valence-electron chi connectivity index (χ3n) is 4.56. The number of nitrogens with zero attached hydrogens (tertiary/aromatic N) is 2. The van der Waals surface area contributed by atoms with E-state index < -0.39 is 0 Å². The van der Waals surface area contributed by atoms with Crippen LogP contribution in [0.2, 0.25) is 0 Å². The molecule has 0 amide bonds. The quantitative estimate of drug-likeness (QED) is 0.773. The zero-order chi connectivity index (χ0) is 15.9. The van der Waals surface area contributed by atoms with E-state index in [1.165, 1.54) is 25.1 Å². The fourth-order valence-corrected chi connectivity index (χ4v) is 2.97. The van der Waals surface area contributed by atoms with Crippen molar-refractivity contribution in [3.63, 3.8) is 0 Å². The van der Waals surface area contributed by atoms with Gasteiger partial charge in [0.15, 0.2) is 11.5 Å². The molecular weight excluding hydrogens is 276 g/mol. The van der Waals surface area contributed by atoms with Gasteiger partial charge in [-0.3, -0.25) is 9.80 Å². The van der Waals surface area contributed by atoms with Crippen LogP contribution in [0.25, 0.3) is 0 Å². The Labute approximate surface area is 135 Å². The third-order valence-corrected chi connectivity index (χ3v) is 4.56. The first-order valence-electron chi connectivity index (χ1n) is 8.44. The van der Waals surface area contributed by atoms with Crippen LogP contribution >= 0.6 is 0 Å². The number of ether oxygens (including phenoxy) is 2. The summed E-state index contributed by atoms with van der Waals surface area (Å²) in [6.07, 6.45) is 1.23. The van der Waals surface area contributed by atoms with Gasteiger partial charge in [-0.2, -0.15) is 0 Å². The normalized spacial score (nSPS) is 18.2. The first-order chi connectivity index (χ1) is 10.7. The van der Waals surface area contributed by atoms with Crippen LogP contribution in [-0.4, -0.2) is 55.7 Å². The summed E-state index contributed by atoms with van der Waals surface area (Å²) in [5.74, 6) is 1.66. The van der Waals surface area contributed by atoms with Crippen LogP contribution in [0.3, 0.4) is 0 Å². The second-order valence-corrected chi connectivity index (χ2v) is 5.99. The van der Waals surface area contributed by atoms with Gasteiger partial charge in [-0.25, -0.2) is 0 Å². The Morgan fingerprint density at radius 3 is 2.41 bits per heavy atom. The van der Waals surface area contributed by atoms with Crippen LogP contribution in [0, 0.1) is 0 Å². The molecule has 4 nitrogen and oxygen atoms in total. The number of piperazine rings is 1. The predicted octanol–water partition coefficient (Wildman–Crippen LogP) is 3.01. The number of methoxy groups -OCH3 is 1. The van der Waals surface area contributed by atoms with Crippen LogP contribution in [0.5, 0.6) is 11.5 Å². The number of rotatable bonds is 7. The van der Waals surface area contributed by atoms with Gasteiger partial charge in [0, 0.05) is 38.8 Å². The fraction of sp³-hybridized carbons (Fsp3) is 0.667. The summed E-state index contributed by atoms with van der Waals surface area (Å²) in [6.45, 7) is 12.9. The Bertz CT molecular complexity index is 456. The zero-order valence-electron chi connectivity index (χ0n) is 14.5. The molecule has 1 aromatic rings. The molecule has 1 aromatic carbocycles. The average Bonchev–Trinajstić information content (AvgIpc) is 2.55. The predicted molar refractivity (Wildman–Crippen MR) is 90.8 cm³/mol. The van der Waals surface area contributed by atoms with E-state index in [1.807, 2.05) is 13.0 Å². The highest BCUT2D eigenvalue weighted by Gasteiger charge is 2.20. The Balaban J connectivity index is 1.93. The maximum Gasteiger partial charge on any atom is 0.161 e. The minimum atomic E-state index is 0.660.